The second kappa shape index (κ2) is 8.42. The van der Waals surface area contributed by atoms with Gasteiger partial charge in [0.15, 0.2) is 11.5 Å². The van der Waals surface area contributed by atoms with E-state index in [1.165, 1.54) is 0 Å². The molecule has 2 heterocycles. The van der Waals surface area contributed by atoms with Gasteiger partial charge in [-0.1, -0.05) is 54.6 Å². The Kier molecular flexibility index (Phi) is 5.31. The smallest absolute Gasteiger partial charge is 0.231 e. The first-order valence-corrected chi connectivity index (χ1v) is 10.9. The fourth-order valence-electron chi connectivity index (χ4n) is 4.50. The van der Waals surface area contributed by atoms with Crippen LogP contribution in [0.2, 0.25) is 0 Å². The van der Waals surface area contributed by atoms with E-state index >= 15 is 0 Å². The lowest BCUT2D eigenvalue weighted by Crippen LogP contribution is -2.28. The molecular weight excluding hydrogens is 400 g/mol. The Labute approximate surface area is 187 Å². The van der Waals surface area contributed by atoms with Gasteiger partial charge in [0.1, 0.15) is 0 Å². The van der Waals surface area contributed by atoms with Gasteiger partial charge >= 0.3 is 0 Å². The molecule has 5 rings (SSSR count). The Morgan fingerprint density at radius 2 is 1.72 bits per heavy atom. The Morgan fingerprint density at radius 3 is 2.56 bits per heavy atom. The highest BCUT2D eigenvalue weighted by atomic mass is 16.7. The van der Waals surface area contributed by atoms with Crippen LogP contribution in [0.4, 0.5) is 0 Å². The van der Waals surface area contributed by atoms with Crippen LogP contribution >= 0.6 is 0 Å². The predicted octanol–water partition coefficient (Wildman–Crippen LogP) is 5.31. The highest BCUT2D eigenvalue weighted by Crippen LogP contribution is 2.40. The van der Waals surface area contributed by atoms with Crippen molar-refractivity contribution >= 4 is 16.8 Å². The molecule has 0 saturated heterocycles. The summed E-state index contributed by atoms with van der Waals surface area (Å²) in [5, 5.41) is 4.33. The van der Waals surface area contributed by atoms with Gasteiger partial charge in [0, 0.05) is 36.5 Å². The molecule has 2 atom stereocenters. The maximum absolute atomic E-state index is 13.2. The van der Waals surface area contributed by atoms with Gasteiger partial charge in [0.05, 0.1) is 6.04 Å². The number of carbonyl (C=O) groups is 1. The largest absolute Gasteiger partial charge is 0.454 e. The van der Waals surface area contributed by atoms with E-state index in [0.29, 0.717) is 6.42 Å². The molecular formula is C27H26N2O3. The summed E-state index contributed by atoms with van der Waals surface area (Å²) in [6.45, 7) is 2.24. The lowest BCUT2D eigenvalue weighted by molar-refractivity contribution is -0.121. The molecule has 0 bridgehead atoms. The van der Waals surface area contributed by atoms with Crippen molar-refractivity contribution in [3.8, 4) is 11.5 Å². The van der Waals surface area contributed by atoms with E-state index in [0.717, 1.165) is 39.1 Å². The van der Waals surface area contributed by atoms with Gasteiger partial charge in [-0.15, -0.1) is 0 Å². The summed E-state index contributed by atoms with van der Waals surface area (Å²) in [6.07, 6.45) is 2.47. The van der Waals surface area contributed by atoms with Crippen molar-refractivity contribution in [3.05, 3.63) is 95.7 Å². The summed E-state index contributed by atoms with van der Waals surface area (Å²) in [7, 11) is 2.04. The van der Waals surface area contributed by atoms with Crippen LogP contribution in [-0.4, -0.2) is 17.3 Å². The molecule has 4 aromatic rings. The summed E-state index contributed by atoms with van der Waals surface area (Å²) in [4.78, 5) is 13.2. The van der Waals surface area contributed by atoms with Gasteiger partial charge in [-0.2, -0.15) is 0 Å². The summed E-state index contributed by atoms with van der Waals surface area (Å²) >= 11 is 0. The third-order valence-electron chi connectivity index (χ3n) is 6.17. The molecule has 0 aliphatic carbocycles. The normalized spacial score (nSPS) is 14.3. The Balaban J connectivity index is 1.49. The van der Waals surface area contributed by atoms with E-state index in [4.69, 9.17) is 9.47 Å². The number of benzene rings is 3. The van der Waals surface area contributed by atoms with E-state index in [9.17, 15) is 4.79 Å². The molecule has 0 fully saturated rings. The Morgan fingerprint density at radius 1 is 0.969 bits per heavy atom. The fourth-order valence-corrected chi connectivity index (χ4v) is 4.50. The maximum Gasteiger partial charge on any atom is 0.231 e. The molecule has 32 heavy (non-hydrogen) atoms. The summed E-state index contributed by atoms with van der Waals surface area (Å²) in [6, 6.07) is 24.2. The number of aryl methyl sites for hydroxylation is 1. The summed E-state index contributed by atoms with van der Waals surface area (Å²) in [5.74, 6) is 1.37. The standard InChI is InChI=1S/C27H26N2O3/c1-18(19-8-4-3-5-9-19)28-27(30)15-22(20-12-13-25-26(14-20)32-17-31-25)23-16-29(2)24-11-7-6-10-21(23)24/h3-14,16,18,22H,15,17H2,1-2H3,(H,28,30)/t18-,22-/m0/s1. The number of hydrogen-bond donors (Lipinski definition) is 1. The number of carbonyl (C=O) groups excluding carboxylic acids is 1. The third kappa shape index (κ3) is 3.82. The quantitative estimate of drug-likeness (QED) is 0.455. The molecule has 5 heteroatoms. The molecule has 1 aliphatic rings. The van der Waals surface area contributed by atoms with E-state index < -0.39 is 0 Å². The second-order valence-electron chi connectivity index (χ2n) is 8.28. The molecule has 1 aliphatic heterocycles. The van der Waals surface area contributed by atoms with Crippen LogP contribution in [0.5, 0.6) is 11.5 Å². The van der Waals surface area contributed by atoms with Crippen LogP contribution in [0.1, 0.15) is 42.0 Å². The number of nitrogens with one attached hydrogen (secondary N) is 1. The van der Waals surface area contributed by atoms with Crippen molar-refractivity contribution in [2.75, 3.05) is 6.79 Å². The molecule has 162 valence electrons. The SMILES string of the molecule is C[C@H](NC(=O)C[C@@H](c1ccc2c(c1)OCO2)c1cn(C)c2ccccc12)c1ccccc1. The minimum Gasteiger partial charge on any atom is -0.454 e. The molecule has 3 aromatic carbocycles. The zero-order valence-corrected chi connectivity index (χ0v) is 18.2. The van der Waals surface area contributed by atoms with E-state index in [2.05, 4.69) is 28.2 Å². The minimum absolute atomic E-state index is 0.0111. The fraction of sp³-hybridized carbons (Fsp3) is 0.222. The highest BCUT2D eigenvalue weighted by molar-refractivity contribution is 5.86. The van der Waals surface area contributed by atoms with Gasteiger partial charge in [-0.3, -0.25) is 4.79 Å². The summed E-state index contributed by atoms with van der Waals surface area (Å²) < 4.78 is 13.2. The number of hydrogen-bond acceptors (Lipinski definition) is 3. The monoisotopic (exact) mass is 426 g/mol. The molecule has 0 spiro atoms. The third-order valence-corrected chi connectivity index (χ3v) is 6.17. The number of ether oxygens (including phenoxy) is 2. The van der Waals surface area contributed by atoms with Crippen molar-refractivity contribution in [3.63, 3.8) is 0 Å². The van der Waals surface area contributed by atoms with Gasteiger partial charge in [-0.25, -0.2) is 0 Å². The molecule has 1 amide bonds. The van der Waals surface area contributed by atoms with Crippen molar-refractivity contribution in [2.45, 2.75) is 25.3 Å². The number of rotatable bonds is 6. The van der Waals surface area contributed by atoms with Crippen molar-refractivity contribution < 1.29 is 14.3 Å². The van der Waals surface area contributed by atoms with Crippen LogP contribution in [0, 0.1) is 0 Å². The zero-order valence-electron chi connectivity index (χ0n) is 18.2. The molecule has 1 aromatic heterocycles. The van der Waals surface area contributed by atoms with Gasteiger partial charge < -0.3 is 19.4 Å². The zero-order chi connectivity index (χ0) is 22.1. The van der Waals surface area contributed by atoms with Crippen LogP contribution in [-0.2, 0) is 11.8 Å². The van der Waals surface area contributed by atoms with Gasteiger partial charge in [0.2, 0.25) is 12.7 Å². The Bertz CT molecular complexity index is 1260. The average Bonchev–Trinajstić information content (AvgIpc) is 3.42. The average molecular weight is 427 g/mol. The van der Waals surface area contributed by atoms with Crippen molar-refractivity contribution in [1.29, 1.82) is 0 Å². The lowest BCUT2D eigenvalue weighted by atomic mass is 9.87. The molecule has 0 radical (unpaired) electrons. The first-order chi connectivity index (χ1) is 15.6. The number of aromatic nitrogens is 1. The number of nitrogens with zero attached hydrogens (tertiary/aromatic N) is 1. The Hall–Kier alpha value is -3.73. The minimum atomic E-state index is -0.112. The lowest BCUT2D eigenvalue weighted by Gasteiger charge is -2.20. The van der Waals surface area contributed by atoms with Crippen LogP contribution in [0.15, 0.2) is 79.0 Å². The number of amides is 1. The molecule has 0 unspecified atom stereocenters. The maximum atomic E-state index is 13.2. The van der Waals surface area contributed by atoms with Crippen LogP contribution in [0.3, 0.4) is 0 Å². The first-order valence-electron chi connectivity index (χ1n) is 10.9. The van der Waals surface area contributed by atoms with Crippen LogP contribution < -0.4 is 14.8 Å². The van der Waals surface area contributed by atoms with E-state index in [1.807, 2.05) is 74.6 Å². The molecule has 5 nitrogen and oxygen atoms in total. The van der Waals surface area contributed by atoms with Gasteiger partial charge in [0.25, 0.3) is 0 Å². The number of fused-ring (bicyclic) bond motifs is 2. The number of para-hydroxylation sites is 1. The van der Waals surface area contributed by atoms with E-state index in [-0.39, 0.29) is 24.7 Å². The van der Waals surface area contributed by atoms with Crippen LogP contribution in [0.25, 0.3) is 10.9 Å². The van der Waals surface area contributed by atoms with Crippen molar-refractivity contribution in [1.82, 2.24) is 9.88 Å². The molecule has 1 N–H and O–H groups in total. The first kappa shape index (κ1) is 20.2. The van der Waals surface area contributed by atoms with Crippen molar-refractivity contribution in [2.24, 2.45) is 7.05 Å². The molecule has 0 saturated carbocycles. The topological polar surface area (TPSA) is 52.5 Å². The van der Waals surface area contributed by atoms with Gasteiger partial charge in [-0.05, 0) is 41.8 Å². The second-order valence-corrected chi connectivity index (χ2v) is 8.28. The summed E-state index contributed by atoms with van der Waals surface area (Å²) in [5.41, 5.74) is 4.40. The predicted molar refractivity (Wildman–Crippen MR) is 125 cm³/mol. The highest BCUT2D eigenvalue weighted by Gasteiger charge is 2.25. The van der Waals surface area contributed by atoms with E-state index in [1.54, 1.807) is 0 Å².